The fourth-order valence-electron chi connectivity index (χ4n) is 2.87. The lowest BCUT2D eigenvalue weighted by Crippen LogP contribution is -2.32. The van der Waals surface area contributed by atoms with Crippen LogP contribution >= 0.6 is 11.6 Å². The number of aryl methyl sites for hydroxylation is 2. The SMILES string of the molecule is CCc1ccc(NC(=O)C(C)OC(=O)c2nn(-c3ccc(Cl)cc3)c(C)cc2=O)cc1. The van der Waals surface area contributed by atoms with E-state index in [9.17, 15) is 14.4 Å². The average Bonchev–Trinajstić information content (AvgIpc) is 2.75. The lowest BCUT2D eigenvalue weighted by Gasteiger charge is -2.15. The van der Waals surface area contributed by atoms with Crippen molar-refractivity contribution in [1.29, 1.82) is 0 Å². The summed E-state index contributed by atoms with van der Waals surface area (Å²) in [7, 11) is 0. The van der Waals surface area contributed by atoms with Crippen LogP contribution in [0.1, 0.15) is 35.6 Å². The van der Waals surface area contributed by atoms with Crippen molar-refractivity contribution >= 4 is 29.2 Å². The highest BCUT2D eigenvalue weighted by molar-refractivity contribution is 6.30. The van der Waals surface area contributed by atoms with E-state index in [-0.39, 0.29) is 0 Å². The molecule has 1 unspecified atom stereocenters. The molecule has 0 bridgehead atoms. The van der Waals surface area contributed by atoms with Crippen LogP contribution in [-0.2, 0) is 16.0 Å². The van der Waals surface area contributed by atoms with Gasteiger partial charge in [0.05, 0.1) is 5.69 Å². The zero-order valence-electron chi connectivity index (χ0n) is 17.4. The van der Waals surface area contributed by atoms with Crippen molar-refractivity contribution in [3.05, 3.63) is 86.8 Å². The minimum atomic E-state index is -1.12. The van der Waals surface area contributed by atoms with Crippen LogP contribution in [0.2, 0.25) is 5.02 Å². The Morgan fingerprint density at radius 3 is 2.39 bits per heavy atom. The second-order valence-corrected chi connectivity index (χ2v) is 7.41. The number of hydrogen-bond donors (Lipinski definition) is 1. The Morgan fingerprint density at radius 1 is 1.13 bits per heavy atom. The van der Waals surface area contributed by atoms with Gasteiger partial charge in [0, 0.05) is 22.5 Å². The van der Waals surface area contributed by atoms with Crippen LogP contribution in [-0.4, -0.2) is 27.8 Å². The molecule has 0 aliphatic heterocycles. The summed E-state index contributed by atoms with van der Waals surface area (Å²) in [5.41, 5.74) is 1.88. The van der Waals surface area contributed by atoms with Crippen LogP contribution in [0.3, 0.4) is 0 Å². The fourth-order valence-corrected chi connectivity index (χ4v) is 3.00. The van der Waals surface area contributed by atoms with Gasteiger partial charge in [-0.25, -0.2) is 9.48 Å². The molecule has 31 heavy (non-hydrogen) atoms. The van der Waals surface area contributed by atoms with Crippen LogP contribution in [0.25, 0.3) is 5.69 Å². The number of hydrogen-bond acceptors (Lipinski definition) is 5. The Morgan fingerprint density at radius 2 is 1.77 bits per heavy atom. The van der Waals surface area contributed by atoms with E-state index in [1.54, 1.807) is 43.3 Å². The van der Waals surface area contributed by atoms with Gasteiger partial charge in [-0.15, -0.1) is 0 Å². The molecular formula is C23H22ClN3O4. The molecule has 1 amide bonds. The van der Waals surface area contributed by atoms with E-state index in [0.29, 0.717) is 22.1 Å². The molecule has 3 rings (SSSR count). The molecule has 0 saturated heterocycles. The van der Waals surface area contributed by atoms with Crippen molar-refractivity contribution in [3.63, 3.8) is 0 Å². The van der Waals surface area contributed by atoms with Gasteiger partial charge in [-0.3, -0.25) is 9.59 Å². The van der Waals surface area contributed by atoms with Crippen molar-refractivity contribution in [2.24, 2.45) is 0 Å². The van der Waals surface area contributed by atoms with Crippen LogP contribution in [0.15, 0.2) is 59.4 Å². The van der Waals surface area contributed by atoms with Crippen LogP contribution in [0, 0.1) is 6.92 Å². The first kappa shape index (κ1) is 22.2. The summed E-state index contributed by atoms with van der Waals surface area (Å²) in [5, 5.41) is 7.37. The quantitative estimate of drug-likeness (QED) is 0.587. The van der Waals surface area contributed by atoms with Crippen molar-refractivity contribution in [3.8, 4) is 5.69 Å². The van der Waals surface area contributed by atoms with Crippen LogP contribution in [0.5, 0.6) is 0 Å². The van der Waals surface area contributed by atoms with Gasteiger partial charge in [0.2, 0.25) is 11.1 Å². The Labute approximate surface area is 184 Å². The number of esters is 1. The number of rotatable bonds is 6. The van der Waals surface area contributed by atoms with Gasteiger partial charge < -0.3 is 10.1 Å². The second kappa shape index (κ2) is 9.57. The zero-order valence-corrected chi connectivity index (χ0v) is 18.1. The minimum Gasteiger partial charge on any atom is -0.448 e. The molecule has 1 heterocycles. The zero-order chi connectivity index (χ0) is 22.5. The number of halogens is 1. The molecule has 8 heteroatoms. The maximum Gasteiger partial charge on any atom is 0.363 e. The number of aromatic nitrogens is 2. The second-order valence-electron chi connectivity index (χ2n) is 6.97. The fraction of sp³-hybridized carbons (Fsp3) is 0.217. The molecule has 0 spiro atoms. The predicted molar refractivity (Wildman–Crippen MR) is 119 cm³/mol. The molecule has 2 aromatic carbocycles. The first-order valence-corrected chi connectivity index (χ1v) is 10.1. The summed E-state index contributed by atoms with van der Waals surface area (Å²) in [4.78, 5) is 37.3. The summed E-state index contributed by atoms with van der Waals surface area (Å²) < 4.78 is 6.64. The van der Waals surface area contributed by atoms with Crippen molar-refractivity contribution in [2.75, 3.05) is 5.32 Å². The third-order valence-corrected chi connectivity index (χ3v) is 4.91. The molecule has 7 nitrogen and oxygen atoms in total. The summed E-state index contributed by atoms with van der Waals surface area (Å²) in [6.45, 7) is 5.16. The van der Waals surface area contributed by atoms with Crippen molar-refractivity contribution in [1.82, 2.24) is 9.78 Å². The highest BCUT2D eigenvalue weighted by Crippen LogP contribution is 2.14. The van der Waals surface area contributed by atoms with Gasteiger partial charge in [0.15, 0.2) is 6.10 Å². The van der Waals surface area contributed by atoms with Gasteiger partial charge in [0.25, 0.3) is 5.91 Å². The van der Waals surface area contributed by atoms with E-state index in [4.69, 9.17) is 16.3 Å². The number of ether oxygens (including phenoxy) is 1. The number of nitrogens with one attached hydrogen (secondary N) is 1. The Bertz CT molecular complexity index is 1150. The molecule has 1 N–H and O–H groups in total. The molecule has 3 aromatic rings. The normalized spacial score (nSPS) is 11.6. The first-order valence-electron chi connectivity index (χ1n) is 9.76. The van der Waals surface area contributed by atoms with Crippen molar-refractivity contribution < 1.29 is 14.3 Å². The molecule has 0 saturated carbocycles. The van der Waals surface area contributed by atoms with Gasteiger partial charge >= 0.3 is 5.97 Å². The summed E-state index contributed by atoms with van der Waals surface area (Å²) >= 11 is 5.91. The Kier molecular flexibility index (Phi) is 6.87. The maximum absolute atomic E-state index is 12.6. The lowest BCUT2D eigenvalue weighted by molar-refractivity contribution is -0.123. The number of carbonyl (C=O) groups is 2. The van der Waals surface area contributed by atoms with E-state index < -0.39 is 29.1 Å². The minimum absolute atomic E-state index is 0.410. The van der Waals surface area contributed by atoms with E-state index >= 15 is 0 Å². The number of anilines is 1. The molecule has 0 aliphatic carbocycles. The van der Waals surface area contributed by atoms with Gasteiger partial charge in [-0.2, -0.15) is 5.10 Å². The van der Waals surface area contributed by atoms with Gasteiger partial charge in [0.1, 0.15) is 0 Å². The molecule has 160 valence electrons. The van der Waals surface area contributed by atoms with E-state index in [1.165, 1.54) is 17.7 Å². The van der Waals surface area contributed by atoms with Crippen LogP contribution in [0.4, 0.5) is 5.69 Å². The standard InChI is InChI=1S/C23H22ClN3O4/c1-4-16-5-9-18(10-6-16)25-22(29)15(3)31-23(30)21-20(28)13-14(2)27(26-21)19-11-7-17(24)8-12-19/h5-13,15H,4H2,1-3H3,(H,25,29). The molecule has 0 radical (unpaired) electrons. The Balaban J connectivity index is 1.75. The molecule has 0 aliphatic rings. The summed E-state index contributed by atoms with van der Waals surface area (Å²) in [6, 6.07) is 15.4. The monoisotopic (exact) mass is 439 g/mol. The summed E-state index contributed by atoms with van der Waals surface area (Å²) in [5.74, 6) is -1.49. The number of amides is 1. The van der Waals surface area contributed by atoms with Crippen molar-refractivity contribution in [2.45, 2.75) is 33.3 Å². The summed E-state index contributed by atoms with van der Waals surface area (Å²) in [6.07, 6.45) is -0.232. The number of carbonyl (C=O) groups excluding carboxylic acids is 2. The van der Waals surface area contributed by atoms with E-state index in [0.717, 1.165) is 12.0 Å². The molecule has 1 aromatic heterocycles. The Hall–Kier alpha value is -3.45. The predicted octanol–water partition coefficient (Wildman–Crippen LogP) is 3.94. The third kappa shape index (κ3) is 5.38. The first-order chi connectivity index (χ1) is 14.8. The number of nitrogens with zero attached hydrogens (tertiary/aromatic N) is 2. The lowest BCUT2D eigenvalue weighted by atomic mass is 10.1. The van der Waals surface area contributed by atoms with Gasteiger partial charge in [-0.05, 0) is 62.2 Å². The highest BCUT2D eigenvalue weighted by Gasteiger charge is 2.23. The molecular weight excluding hydrogens is 418 g/mol. The largest absolute Gasteiger partial charge is 0.448 e. The number of benzene rings is 2. The smallest absolute Gasteiger partial charge is 0.363 e. The third-order valence-electron chi connectivity index (χ3n) is 4.65. The average molecular weight is 440 g/mol. The molecule has 1 atom stereocenters. The maximum atomic E-state index is 12.6. The van der Waals surface area contributed by atoms with Gasteiger partial charge in [-0.1, -0.05) is 30.7 Å². The molecule has 0 fully saturated rings. The topological polar surface area (TPSA) is 90.3 Å². The van der Waals surface area contributed by atoms with E-state index in [2.05, 4.69) is 10.4 Å². The van der Waals surface area contributed by atoms with E-state index in [1.807, 2.05) is 19.1 Å². The van der Waals surface area contributed by atoms with Crippen LogP contribution < -0.4 is 10.7 Å². The highest BCUT2D eigenvalue weighted by atomic mass is 35.5.